The average molecular weight is 583 g/mol. The van der Waals surface area contributed by atoms with Crippen LogP contribution in [-0.4, -0.2) is 47.5 Å². The Morgan fingerprint density at radius 1 is 0.846 bits per heavy atom. The molecule has 2 amide bonds. The van der Waals surface area contributed by atoms with Crippen molar-refractivity contribution in [2.24, 2.45) is 11.8 Å². The summed E-state index contributed by atoms with van der Waals surface area (Å²) in [7, 11) is 1.54. The van der Waals surface area contributed by atoms with Gasteiger partial charge in [-0.05, 0) is 52.3 Å². The van der Waals surface area contributed by atoms with Gasteiger partial charge < -0.3 is 9.64 Å². The maximum Gasteiger partial charge on any atom is 0.240 e. The maximum absolute atomic E-state index is 14.0. The number of methoxy groups -OCH3 is 1. The summed E-state index contributed by atoms with van der Waals surface area (Å²) in [6, 6.07) is 21.0. The molecule has 2 saturated heterocycles. The fraction of sp³-hybridized carbons (Fsp3) is 0.161. The molecule has 2 fully saturated rings. The largest absolute Gasteiger partial charge is 0.496 e. The van der Waals surface area contributed by atoms with Crippen LogP contribution >= 0.6 is 15.9 Å². The number of halogens is 1. The van der Waals surface area contributed by atoms with Crippen LogP contribution in [0.3, 0.4) is 0 Å². The first-order valence-corrected chi connectivity index (χ1v) is 13.3. The summed E-state index contributed by atoms with van der Waals surface area (Å²) in [6.07, 6.45) is 5.05. The number of allylic oxidation sites excluding steroid dienone is 2. The van der Waals surface area contributed by atoms with E-state index in [1.165, 1.54) is 12.0 Å². The van der Waals surface area contributed by atoms with Crippen molar-refractivity contribution in [3.63, 3.8) is 0 Å². The van der Waals surface area contributed by atoms with Gasteiger partial charge in [0.1, 0.15) is 11.8 Å². The van der Waals surface area contributed by atoms with Crippen molar-refractivity contribution < 1.29 is 23.9 Å². The number of carbonyl (C=O) groups excluding carboxylic acids is 4. The van der Waals surface area contributed by atoms with Gasteiger partial charge in [0.25, 0.3) is 0 Å². The topological polar surface area (TPSA) is 84.0 Å². The minimum Gasteiger partial charge on any atom is -0.496 e. The number of ether oxygens (including phenoxy) is 1. The number of ketones is 2. The van der Waals surface area contributed by atoms with Gasteiger partial charge in [-0.1, -0.05) is 54.6 Å². The summed E-state index contributed by atoms with van der Waals surface area (Å²) in [5, 5.41) is 0. The molecule has 7 nitrogen and oxygen atoms in total. The fourth-order valence-corrected chi connectivity index (χ4v) is 6.32. The molecule has 0 unspecified atom stereocenters. The number of carbonyl (C=O) groups is 4. The molecule has 3 aromatic carbocycles. The lowest BCUT2D eigenvalue weighted by molar-refractivity contribution is -0.123. The van der Waals surface area contributed by atoms with Crippen molar-refractivity contribution in [2.45, 2.75) is 12.1 Å². The van der Waals surface area contributed by atoms with Crippen LogP contribution in [0.25, 0.3) is 0 Å². The second-order valence-electron chi connectivity index (χ2n) is 9.63. The molecular formula is C31H23BrN2O5. The first-order chi connectivity index (χ1) is 18.9. The van der Waals surface area contributed by atoms with Gasteiger partial charge in [0.05, 0.1) is 35.1 Å². The number of para-hydroxylation sites is 1. The Kier molecular flexibility index (Phi) is 6.27. The zero-order valence-electron chi connectivity index (χ0n) is 20.9. The van der Waals surface area contributed by atoms with E-state index in [2.05, 4.69) is 15.9 Å². The number of Topliss-reactive ketones (excluding diaryl/α,β-unsaturated/α-hetero) is 2. The fourth-order valence-electron chi connectivity index (χ4n) is 5.78. The highest BCUT2D eigenvalue weighted by atomic mass is 79.9. The van der Waals surface area contributed by atoms with Crippen LogP contribution < -0.4 is 9.64 Å². The molecule has 4 atom stereocenters. The molecular weight excluding hydrogens is 560 g/mol. The van der Waals surface area contributed by atoms with Gasteiger partial charge in [0.15, 0.2) is 11.6 Å². The van der Waals surface area contributed by atoms with Crippen molar-refractivity contribution in [1.82, 2.24) is 4.90 Å². The van der Waals surface area contributed by atoms with E-state index in [1.807, 2.05) is 6.07 Å². The van der Waals surface area contributed by atoms with Crippen LogP contribution in [0.2, 0.25) is 0 Å². The van der Waals surface area contributed by atoms with Crippen molar-refractivity contribution in [3.05, 3.63) is 118 Å². The van der Waals surface area contributed by atoms with E-state index < -0.39 is 29.8 Å². The quantitative estimate of drug-likeness (QED) is 0.305. The Bertz CT molecular complexity index is 1570. The van der Waals surface area contributed by atoms with Gasteiger partial charge in [0.2, 0.25) is 11.8 Å². The number of amides is 2. The van der Waals surface area contributed by atoms with E-state index in [-0.39, 0.29) is 17.5 Å². The highest BCUT2D eigenvalue weighted by molar-refractivity contribution is 9.10. The van der Waals surface area contributed by atoms with Crippen molar-refractivity contribution in [1.29, 1.82) is 0 Å². The van der Waals surface area contributed by atoms with E-state index in [1.54, 1.807) is 96.0 Å². The number of hydrogen-bond donors (Lipinski definition) is 0. The number of rotatable bonds is 6. The molecule has 3 heterocycles. The summed E-state index contributed by atoms with van der Waals surface area (Å²) >= 11 is 3.44. The summed E-state index contributed by atoms with van der Waals surface area (Å²) < 4.78 is 5.90. The third-order valence-corrected chi connectivity index (χ3v) is 8.19. The lowest BCUT2D eigenvalue weighted by Crippen LogP contribution is -2.46. The van der Waals surface area contributed by atoms with Crippen LogP contribution in [-0.2, 0) is 9.59 Å². The van der Waals surface area contributed by atoms with Crippen LogP contribution in [0.4, 0.5) is 5.69 Å². The van der Waals surface area contributed by atoms with Gasteiger partial charge in [-0.25, -0.2) is 4.90 Å². The Balaban J connectivity index is 1.43. The number of hydrogen-bond acceptors (Lipinski definition) is 6. The molecule has 3 aromatic rings. The molecule has 3 aliphatic rings. The normalized spacial score (nSPS) is 23.4. The zero-order chi connectivity index (χ0) is 27.3. The van der Waals surface area contributed by atoms with E-state index in [4.69, 9.17) is 4.74 Å². The highest BCUT2D eigenvalue weighted by Gasteiger charge is 2.63. The van der Waals surface area contributed by atoms with E-state index in [9.17, 15) is 19.2 Å². The summed E-state index contributed by atoms with van der Waals surface area (Å²) in [5.41, 5.74) is 1.78. The number of imide groups is 1. The van der Waals surface area contributed by atoms with Gasteiger partial charge in [-0.15, -0.1) is 0 Å². The number of benzene rings is 3. The number of anilines is 1. The molecule has 3 aliphatic heterocycles. The minimum atomic E-state index is -0.925. The predicted octanol–water partition coefficient (Wildman–Crippen LogP) is 4.84. The predicted molar refractivity (Wildman–Crippen MR) is 148 cm³/mol. The van der Waals surface area contributed by atoms with Crippen LogP contribution in [0.5, 0.6) is 5.75 Å². The Labute approximate surface area is 233 Å². The van der Waals surface area contributed by atoms with Crippen molar-refractivity contribution >= 4 is 45.0 Å². The van der Waals surface area contributed by atoms with Gasteiger partial charge in [-0.2, -0.15) is 0 Å². The summed E-state index contributed by atoms with van der Waals surface area (Å²) in [6.45, 7) is 0. The number of nitrogens with zero attached hydrogens (tertiary/aromatic N) is 2. The van der Waals surface area contributed by atoms with E-state index in [0.29, 0.717) is 32.6 Å². The molecule has 0 spiro atoms. The average Bonchev–Trinajstić information content (AvgIpc) is 3.44. The molecule has 8 heteroatoms. The third kappa shape index (κ3) is 4.03. The monoisotopic (exact) mass is 582 g/mol. The molecule has 39 heavy (non-hydrogen) atoms. The molecule has 6 rings (SSSR count). The molecule has 0 aromatic heterocycles. The molecule has 0 aliphatic carbocycles. The maximum atomic E-state index is 14.0. The Hall–Kier alpha value is -4.30. The van der Waals surface area contributed by atoms with Gasteiger partial charge >= 0.3 is 0 Å². The lowest BCUT2D eigenvalue weighted by Gasteiger charge is -2.32. The second-order valence-corrected chi connectivity index (χ2v) is 10.5. The highest BCUT2D eigenvalue weighted by Crippen LogP contribution is 2.47. The van der Waals surface area contributed by atoms with E-state index in [0.717, 1.165) is 0 Å². The molecule has 0 N–H and O–H groups in total. The molecule has 194 valence electrons. The van der Waals surface area contributed by atoms with Gasteiger partial charge in [0, 0.05) is 22.9 Å². The second kappa shape index (κ2) is 9.78. The Morgan fingerprint density at radius 2 is 1.51 bits per heavy atom. The van der Waals surface area contributed by atoms with Crippen LogP contribution in [0.15, 0.2) is 107 Å². The SMILES string of the molecule is COc1ccc(C(=O)[C@@H]2[C@@H]3C(=O)N(c4ccccc4)C(=O)[C@@H]3[C@@H]3C=C(C(=O)c4ccccc4)C=CN23)cc1Br. The zero-order valence-corrected chi connectivity index (χ0v) is 22.4. The lowest BCUT2D eigenvalue weighted by atomic mass is 9.85. The first kappa shape index (κ1) is 25.0. The number of fused-ring (bicyclic) bond motifs is 3. The van der Waals surface area contributed by atoms with Crippen molar-refractivity contribution in [2.75, 3.05) is 12.0 Å². The summed E-state index contributed by atoms with van der Waals surface area (Å²) in [4.78, 5) is 57.9. The Morgan fingerprint density at radius 3 is 2.18 bits per heavy atom. The minimum absolute atomic E-state index is 0.186. The summed E-state index contributed by atoms with van der Waals surface area (Å²) in [5.74, 6) is -2.44. The van der Waals surface area contributed by atoms with Crippen LogP contribution in [0.1, 0.15) is 20.7 Å². The van der Waals surface area contributed by atoms with Gasteiger partial charge in [-0.3, -0.25) is 19.2 Å². The molecule has 0 bridgehead atoms. The first-order valence-electron chi connectivity index (χ1n) is 12.5. The van der Waals surface area contributed by atoms with Crippen molar-refractivity contribution in [3.8, 4) is 5.75 Å². The van der Waals surface area contributed by atoms with Crippen LogP contribution in [0, 0.1) is 11.8 Å². The third-order valence-electron chi connectivity index (χ3n) is 7.57. The smallest absolute Gasteiger partial charge is 0.240 e. The van der Waals surface area contributed by atoms with E-state index >= 15 is 0 Å². The molecule has 0 radical (unpaired) electrons. The standard InChI is InChI=1S/C31H23BrN2O5/c1-39-24-13-12-19(16-22(24)32)29(36)27-26-25(30(37)34(31(26)38)21-10-6-3-7-11-21)23-17-20(14-15-33(23)27)28(35)18-8-4-2-5-9-18/h2-17,23,25-27H,1H3/t23-,25+,26+,27-/m0/s1. The molecule has 0 saturated carbocycles.